The second-order valence-corrected chi connectivity index (χ2v) is 4.48. The largest absolute Gasteiger partial charge is 0.504 e. The lowest BCUT2D eigenvalue weighted by molar-refractivity contribution is -0.117. The topological polar surface area (TPSA) is 108 Å². The minimum Gasteiger partial charge on any atom is -0.504 e. The van der Waals surface area contributed by atoms with E-state index in [2.05, 4.69) is 10.3 Å². The van der Waals surface area contributed by atoms with E-state index in [1.54, 1.807) is 0 Å². The van der Waals surface area contributed by atoms with Gasteiger partial charge in [-0.1, -0.05) is 6.07 Å². The van der Waals surface area contributed by atoms with Gasteiger partial charge in [0.15, 0.2) is 17.3 Å². The highest BCUT2D eigenvalue weighted by Crippen LogP contribution is 2.25. The average Bonchev–Trinajstić information content (AvgIpc) is 2.45. The summed E-state index contributed by atoms with van der Waals surface area (Å²) >= 11 is 0. The van der Waals surface area contributed by atoms with Crippen molar-refractivity contribution in [2.24, 2.45) is 5.73 Å². The monoisotopic (exact) mass is 291 g/mol. The quantitative estimate of drug-likeness (QED) is 0.632. The Labute approximate surface area is 120 Å². The first-order valence-corrected chi connectivity index (χ1v) is 6.14. The van der Waals surface area contributed by atoms with Crippen molar-refractivity contribution < 1.29 is 19.4 Å². The Hall–Kier alpha value is -2.67. The van der Waals surface area contributed by atoms with Crippen molar-refractivity contribution in [1.82, 2.24) is 4.98 Å². The molecule has 0 radical (unpaired) electrons. The molecule has 6 nitrogen and oxygen atoms in total. The van der Waals surface area contributed by atoms with Crippen molar-refractivity contribution in [2.75, 3.05) is 5.32 Å². The zero-order chi connectivity index (χ0) is 15.4. The lowest BCUT2D eigenvalue weighted by Gasteiger charge is -2.13. The maximum absolute atomic E-state index is 13.4. The van der Waals surface area contributed by atoms with Gasteiger partial charge < -0.3 is 21.3 Å². The number of hydrogen-bond donors (Lipinski definition) is 4. The van der Waals surface area contributed by atoms with Crippen molar-refractivity contribution in [3.05, 3.63) is 48.0 Å². The maximum Gasteiger partial charge on any atom is 0.241 e. The number of carbonyl (C=O) groups excluding carboxylic acids is 1. The molecule has 0 aliphatic carbocycles. The normalized spacial score (nSPS) is 11.9. The van der Waals surface area contributed by atoms with Gasteiger partial charge in [0.05, 0.1) is 17.9 Å². The summed E-state index contributed by atoms with van der Waals surface area (Å²) in [5, 5.41) is 20.9. The molecule has 0 fully saturated rings. The average molecular weight is 291 g/mol. The van der Waals surface area contributed by atoms with Crippen LogP contribution >= 0.6 is 0 Å². The fraction of sp³-hybridized carbons (Fsp3) is 0.143. The summed E-state index contributed by atoms with van der Waals surface area (Å²) in [5.41, 5.74) is 6.31. The molecular formula is C14H14FN3O3. The van der Waals surface area contributed by atoms with E-state index in [4.69, 9.17) is 5.73 Å². The zero-order valence-electron chi connectivity index (χ0n) is 11.0. The number of nitrogens with zero attached hydrogens (tertiary/aromatic N) is 1. The van der Waals surface area contributed by atoms with Crippen LogP contribution in [0.4, 0.5) is 10.1 Å². The second-order valence-electron chi connectivity index (χ2n) is 4.48. The summed E-state index contributed by atoms with van der Waals surface area (Å²) < 4.78 is 13.4. The molecule has 2 aromatic rings. The molecule has 5 N–H and O–H groups in total. The van der Waals surface area contributed by atoms with Crippen LogP contribution in [0.15, 0.2) is 36.7 Å². The van der Waals surface area contributed by atoms with Gasteiger partial charge in [-0.25, -0.2) is 4.39 Å². The van der Waals surface area contributed by atoms with Crippen molar-refractivity contribution in [3.8, 4) is 11.5 Å². The summed E-state index contributed by atoms with van der Waals surface area (Å²) in [7, 11) is 0. The van der Waals surface area contributed by atoms with Crippen molar-refractivity contribution in [2.45, 2.75) is 12.5 Å². The van der Waals surface area contributed by atoms with E-state index in [0.29, 0.717) is 5.56 Å². The number of aromatic hydroxyl groups is 2. The molecule has 1 heterocycles. The van der Waals surface area contributed by atoms with Crippen LogP contribution in [0.3, 0.4) is 0 Å². The third-order valence-corrected chi connectivity index (χ3v) is 2.86. The SMILES string of the molecule is N[C@@H](Cc1ccc(O)c(O)c1)C(=O)Nc1ccncc1F. The lowest BCUT2D eigenvalue weighted by atomic mass is 10.1. The highest BCUT2D eigenvalue weighted by Gasteiger charge is 2.16. The van der Waals surface area contributed by atoms with Gasteiger partial charge in [-0.05, 0) is 30.2 Å². The van der Waals surface area contributed by atoms with Crippen molar-refractivity contribution >= 4 is 11.6 Å². The molecule has 2 rings (SSSR count). The number of benzene rings is 1. The van der Waals surface area contributed by atoms with Crippen LogP contribution in [-0.2, 0) is 11.2 Å². The predicted molar refractivity (Wildman–Crippen MR) is 74.3 cm³/mol. The van der Waals surface area contributed by atoms with Crippen LogP contribution in [-0.4, -0.2) is 27.1 Å². The molecule has 0 unspecified atom stereocenters. The third-order valence-electron chi connectivity index (χ3n) is 2.86. The lowest BCUT2D eigenvalue weighted by Crippen LogP contribution is -2.37. The Morgan fingerprint density at radius 3 is 2.76 bits per heavy atom. The number of pyridine rings is 1. The summed E-state index contributed by atoms with van der Waals surface area (Å²) in [4.78, 5) is 15.5. The molecule has 1 aromatic carbocycles. The molecule has 0 spiro atoms. The summed E-state index contributed by atoms with van der Waals surface area (Å²) in [6, 6.07) is 4.55. The van der Waals surface area contributed by atoms with E-state index in [1.165, 1.54) is 30.5 Å². The Kier molecular flexibility index (Phi) is 4.34. The van der Waals surface area contributed by atoms with Crippen LogP contribution in [0.1, 0.15) is 5.56 Å². The molecule has 0 saturated carbocycles. The van der Waals surface area contributed by atoms with Gasteiger partial charge in [-0.3, -0.25) is 9.78 Å². The minimum atomic E-state index is -0.929. The highest BCUT2D eigenvalue weighted by atomic mass is 19.1. The molecule has 0 aliphatic heterocycles. The molecule has 0 bridgehead atoms. The van der Waals surface area contributed by atoms with Gasteiger partial charge in [0, 0.05) is 6.20 Å². The fourth-order valence-corrected chi connectivity index (χ4v) is 1.74. The molecule has 7 heteroatoms. The molecule has 110 valence electrons. The highest BCUT2D eigenvalue weighted by molar-refractivity contribution is 5.94. The first kappa shape index (κ1) is 14.7. The number of halogens is 1. The molecule has 1 atom stereocenters. The Balaban J connectivity index is 2.02. The third kappa shape index (κ3) is 3.67. The van der Waals surface area contributed by atoms with E-state index in [0.717, 1.165) is 6.20 Å². The van der Waals surface area contributed by atoms with E-state index >= 15 is 0 Å². The van der Waals surface area contributed by atoms with Crippen LogP contribution in [0.5, 0.6) is 11.5 Å². The molecular weight excluding hydrogens is 277 g/mol. The number of aromatic nitrogens is 1. The van der Waals surface area contributed by atoms with Crippen LogP contribution < -0.4 is 11.1 Å². The molecule has 0 saturated heterocycles. The fourth-order valence-electron chi connectivity index (χ4n) is 1.74. The van der Waals surface area contributed by atoms with Gasteiger partial charge >= 0.3 is 0 Å². The molecule has 1 amide bonds. The smallest absolute Gasteiger partial charge is 0.241 e. The van der Waals surface area contributed by atoms with E-state index in [1.807, 2.05) is 0 Å². The molecule has 21 heavy (non-hydrogen) atoms. The van der Waals surface area contributed by atoms with E-state index in [-0.39, 0.29) is 23.6 Å². The molecule has 0 aliphatic rings. The van der Waals surface area contributed by atoms with Gasteiger partial charge in [-0.15, -0.1) is 0 Å². The number of nitrogens with one attached hydrogen (secondary N) is 1. The van der Waals surface area contributed by atoms with Crippen LogP contribution in [0.2, 0.25) is 0 Å². The van der Waals surface area contributed by atoms with Gasteiger partial charge in [-0.2, -0.15) is 0 Å². The number of anilines is 1. The first-order valence-electron chi connectivity index (χ1n) is 6.14. The Morgan fingerprint density at radius 1 is 1.33 bits per heavy atom. The predicted octanol–water partition coefficient (Wildman–Crippen LogP) is 1.14. The van der Waals surface area contributed by atoms with Gasteiger partial charge in [0.2, 0.25) is 5.91 Å². The number of phenols is 2. The van der Waals surface area contributed by atoms with Gasteiger partial charge in [0.1, 0.15) is 0 Å². The standard InChI is InChI=1S/C14H14FN3O3/c15-9-7-17-4-3-11(9)18-14(21)10(16)5-8-1-2-12(19)13(20)6-8/h1-4,6-7,10,19-20H,5,16H2,(H,17,18,21)/t10-/m0/s1. The minimum absolute atomic E-state index is 0.000923. The number of carbonyl (C=O) groups is 1. The number of hydrogen-bond acceptors (Lipinski definition) is 5. The first-order chi connectivity index (χ1) is 9.97. The zero-order valence-corrected chi connectivity index (χ0v) is 11.0. The number of rotatable bonds is 4. The number of amides is 1. The Morgan fingerprint density at radius 2 is 2.10 bits per heavy atom. The van der Waals surface area contributed by atoms with Crippen molar-refractivity contribution in [3.63, 3.8) is 0 Å². The number of nitrogens with two attached hydrogens (primary N) is 1. The number of phenolic OH excluding ortho intramolecular Hbond substituents is 2. The summed E-state index contributed by atoms with van der Waals surface area (Å²) in [6.07, 6.45) is 2.47. The molecule has 1 aromatic heterocycles. The second kappa shape index (κ2) is 6.19. The van der Waals surface area contributed by atoms with E-state index in [9.17, 15) is 19.4 Å². The van der Waals surface area contributed by atoms with Crippen molar-refractivity contribution in [1.29, 1.82) is 0 Å². The Bertz CT molecular complexity index is 664. The summed E-state index contributed by atoms with van der Waals surface area (Å²) in [5.74, 6) is -1.76. The van der Waals surface area contributed by atoms with Gasteiger partial charge in [0.25, 0.3) is 0 Å². The maximum atomic E-state index is 13.4. The van der Waals surface area contributed by atoms with E-state index < -0.39 is 17.8 Å². The summed E-state index contributed by atoms with van der Waals surface area (Å²) in [6.45, 7) is 0. The van der Waals surface area contributed by atoms with Crippen LogP contribution in [0.25, 0.3) is 0 Å². The van der Waals surface area contributed by atoms with Crippen LogP contribution in [0, 0.1) is 5.82 Å².